The Hall–Kier alpha value is -2.63. The topological polar surface area (TPSA) is 41.6 Å². The summed E-state index contributed by atoms with van der Waals surface area (Å²) in [6, 6.07) is 15.9. The molecular weight excluding hydrogens is 380 g/mol. The minimum atomic E-state index is -0.0841. The number of hydrogen-bond acceptors (Lipinski definition) is 4. The molecule has 0 bridgehead atoms. The minimum Gasteiger partial charge on any atom is -0.497 e. The van der Waals surface area contributed by atoms with Crippen LogP contribution in [0, 0.1) is 13.8 Å². The normalized spacial score (nSPS) is 13.8. The number of anilines is 1. The molecule has 150 valence electrons. The molecule has 1 amide bonds. The Labute approximate surface area is 176 Å². The number of carbonyl (C=O) groups is 1. The Kier molecular flexibility index (Phi) is 5.69. The molecule has 4 rings (SSSR count). The number of fused-ring (bicyclic) bond motifs is 1. The van der Waals surface area contributed by atoms with Gasteiger partial charge in [0, 0.05) is 35.6 Å². The summed E-state index contributed by atoms with van der Waals surface area (Å²) in [5.41, 5.74) is 6.00. The predicted octanol–water partition coefficient (Wildman–Crippen LogP) is 5.18. The molecule has 29 heavy (non-hydrogen) atoms. The van der Waals surface area contributed by atoms with E-state index < -0.39 is 0 Å². The van der Waals surface area contributed by atoms with Gasteiger partial charge < -0.3 is 10.1 Å². The number of thiophene rings is 1. The molecule has 3 aromatic rings. The largest absolute Gasteiger partial charge is 0.497 e. The first-order valence-corrected chi connectivity index (χ1v) is 10.7. The number of benzene rings is 2. The zero-order valence-corrected chi connectivity index (χ0v) is 17.9. The van der Waals surface area contributed by atoms with E-state index in [2.05, 4.69) is 48.3 Å². The van der Waals surface area contributed by atoms with Crippen molar-refractivity contribution >= 4 is 22.2 Å². The molecule has 0 spiro atoms. The van der Waals surface area contributed by atoms with Crippen molar-refractivity contribution in [2.75, 3.05) is 19.0 Å². The fraction of sp³-hybridized carbons (Fsp3) is 0.292. The Morgan fingerprint density at radius 2 is 1.83 bits per heavy atom. The van der Waals surface area contributed by atoms with Gasteiger partial charge in [-0.05, 0) is 61.2 Å². The maximum absolute atomic E-state index is 12.8. The van der Waals surface area contributed by atoms with Crippen LogP contribution in [0.4, 0.5) is 5.00 Å². The third-order valence-corrected chi connectivity index (χ3v) is 6.85. The van der Waals surface area contributed by atoms with Gasteiger partial charge in [0.05, 0.1) is 7.11 Å². The van der Waals surface area contributed by atoms with E-state index in [9.17, 15) is 4.79 Å². The highest BCUT2D eigenvalue weighted by molar-refractivity contribution is 7.16. The molecule has 5 heteroatoms. The Morgan fingerprint density at radius 1 is 1.10 bits per heavy atom. The molecule has 0 radical (unpaired) electrons. The number of ether oxygens (including phenoxy) is 1. The molecule has 0 saturated heterocycles. The maximum atomic E-state index is 12.8. The van der Waals surface area contributed by atoms with E-state index in [0.29, 0.717) is 5.56 Å². The van der Waals surface area contributed by atoms with Crippen LogP contribution in [0.15, 0.2) is 48.5 Å². The summed E-state index contributed by atoms with van der Waals surface area (Å²) in [4.78, 5) is 16.5. The van der Waals surface area contributed by atoms with Crippen molar-refractivity contribution < 1.29 is 9.53 Å². The second kappa shape index (κ2) is 8.39. The lowest BCUT2D eigenvalue weighted by molar-refractivity contribution is 0.102. The van der Waals surface area contributed by atoms with Crippen LogP contribution in [0.3, 0.4) is 0 Å². The van der Waals surface area contributed by atoms with Gasteiger partial charge >= 0.3 is 0 Å². The molecule has 0 saturated carbocycles. The van der Waals surface area contributed by atoms with Crippen molar-refractivity contribution in [1.82, 2.24) is 4.90 Å². The van der Waals surface area contributed by atoms with Crippen LogP contribution in [-0.4, -0.2) is 24.5 Å². The summed E-state index contributed by atoms with van der Waals surface area (Å²) < 4.78 is 5.18. The SMILES string of the molecule is COc1ccc(C(=O)Nc2sc(C)c(C)c2CN2CCc3ccccc3C2)cc1. The van der Waals surface area contributed by atoms with Gasteiger partial charge in [0.15, 0.2) is 0 Å². The highest BCUT2D eigenvalue weighted by Crippen LogP contribution is 2.34. The highest BCUT2D eigenvalue weighted by atomic mass is 32.1. The monoisotopic (exact) mass is 406 g/mol. The van der Waals surface area contributed by atoms with E-state index in [-0.39, 0.29) is 5.91 Å². The molecule has 0 unspecified atom stereocenters. The molecule has 1 aromatic heterocycles. The molecule has 0 atom stereocenters. The fourth-order valence-corrected chi connectivity index (χ4v) is 4.86. The summed E-state index contributed by atoms with van der Waals surface area (Å²) in [5.74, 6) is 0.662. The average molecular weight is 407 g/mol. The first-order chi connectivity index (χ1) is 14.0. The third kappa shape index (κ3) is 4.21. The molecule has 1 N–H and O–H groups in total. The minimum absolute atomic E-state index is 0.0841. The molecule has 0 aliphatic carbocycles. The zero-order chi connectivity index (χ0) is 20.4. The molecule has 0 fully saturated rings. The number of amides is 1. The first kappa shape index (κ1) is 19.7. The molecular formula is C24H26N2O2S. The van der Waals surface area contributed by atoms with E-state index >= 15 is 0 Å². The second-order valence-corrected chi connectivity index (χ2v) is 8.73. The maximum Gasteiger partial charge on any atom is 0.256 e. The van der Waals surface area contributed by atoms with Crippen LogP contribution in [-0.2, 0) is 19.5 Å². The van der Waals surface area contributed by atoms with E-state index in [1.54, 1.807) is 30.6 Å². The highest BCUT2D eigenvalue weighted by Gasteiger charge is 2.21. The van der Waals surface area contributed by atoms with Gasteiger partial charge in [-0.3, -0.25) is 9.69 Å². The van der Waals surface area contributed by atoms with Gasteiger partial charge in [-0.2, -0.15) is 0 Å². The van der Waals surface area contributed by atoms with Crippen LogP contribution < -0.4 is 10.1 Å². The summed E-state index contributed by atoms with van der Waals surface area (Å²) in [6.45, 7) is 7.12. The van der Waals surface area contributed by atoms with Crippen molar-refractivity contribution in [1.29, 1.82) is 0 Å². The van der Waals surface area contributed by atoms with Gasteiger partial charge in [-0.1, -0.05) is 24.3 Å². The summed E-state index contributed by atoms with van der Waals surface area (Å²) >= 11 is 1.66. The van der Waals surface area contributed by atoms with Gasteiger partial charge in [-0.25, -0.2) is 0 Å². The number of hydrogen-bond donors (Lipinski definition) is 1. The Morgan fingerprint density at radius 3 is 2.55 bits per heavy atom. The number of aryl methyl sites for hydroxylation is 1. The van der Waals surface area contributed by atoms with Crippen molar-refractivity contribution in [2.24, 2.45) is 0 Å². The van der Waals surface area contributed by atoms with Gasteiger partial charge in [0.1, 0.15) is 10.8 Å². The van der Waals surface area contributed by atoms with Crippen molar-refractivity contribution in [2.45, 2.75) is 33.4 Å². The number of carbonyl (C=O) groups excluding carboxylic acids is 1. The number of nitrogens with zero attached hydrogens (tertiary/aromatic N) is 1. The molecule has 2 heterocycles. The van der Waals surface area contributed by atoms with Crippen molar-refractivity contribution in [3.05, 3.63) is 81.2 Å². The number of nitrogens with one attached hydrogen (secondary N) is 1. The van der Waals surface area contributed by atoms with Crippen LogP contribution in [0.1, 0.15) is 37.5 Å². The van der Waals surface area contributed by atoms with Crippen molar-refractivity contribution in [3.63, 3.8) is 0 Å². The molecule has 2 aromatic carbocycles. The molecule has 1 aliphatic heterocycles. The summed E-state index contributed by atoms with van der Waals surface area (Å²) in [5, 5.41) is 4.10. The number of methoxy groups -OCH3 is 1. The van der Waals surface area contributed by atoms with E-state index in [0.717, 1.165) is 36.8 Å². The standard InChI is InChI=1S/C24H26N2O2S/c1-16-17(2)29-24(25-23(27)19-8-10-21(28-3)11-9-19)22(16)15-26-13-12-18-6-4-5-7-20(18)14-26/h4-11H,12-15H2,1-3H3,(H,25,27). The summed E-state index contributed by atoms with van der Waals surface area (Å²) in [7, 11) is 1.62. The van der Waals surface area contributed by atoms with Crippen LogP contribution >= 0.6 is 11.3 Å². The van der Waals surface area contributed by atoms with E-state index in [4.69, 9.17) is 4.74 Å². The average Bonchev–Trinajstić information content (AvgIpc) is 3.01. The third-order valence-electron chi connectivity index (χ3n) is 5.68. The second-order valence-electron chi connectivity index (χ2n) is 7.50. The molecule has 4 nitrogen and oxygen atoms in total. The van der Waals surface area contributed by atoms with E-state index in [1.807, 2.05) is 12.1 Å². The predicted molar refractivity (Wildman–Crippen MR) is 119 cm³/mol. The Balaban J connectivity index is 1.52. The van der Waals surface area contributed by atoms with Crippen LogP contribution in [0.5, 0.6) is 5.75 Å². The molecule has 1 aliphatic rings. The first-order valence-electron chi connectivity index (χ1n) is 9.88. The number of rotatable bonds is 5. The lowest BCUT2D eigenvalue weighted by Gasteiger charge is -2.29. The zero-order valence-electron chi connectivity index (χ0n) is 17.1. The summed E-state index contributed by atoms with van der Waals surface area (Å²) in [6.07, 6.45) is 1.08. The quantitative estimate of drug-likeness (QED) is 0.634. The van der Waals surface area contributed by atoms with Gasteiger partial charge in [0.2, 0.25) is 0 Å². The fourth-order valence-electron chi connectivity index (χ4n) is 3.80. The van der Waals surface area contributed by atoms with Crippen LogP contribution in [0.2, 0.25) is 0 Å². The van der Waals surface area contributed by atoms with E-state index in [1.165, 1.54) is 27.1 Å². The van der Waals surface area contributed by atoms with Gasteiger partial charge in [-0.15, -0.1) is 11.3 Å². The smallest absolute Gasteiger partial charge is 0.256 e. The Bertz CT molecular complexity index is 1020. The van der Waals surface area contributed by atoms with Gasteiger partial charge in [0.25, 0.3) is 5.91 Å². The van der Waals surface area contributed by atoms with Crippen molar-refractivity contribution in [3.8, 4) is 5.75 Å². The lowest BCUT2D eigenvalue weighted by atomic mass is 9.99. The lowest BCUT2D eigenvalue weighted by Crippen LogP contribution is -2.30. The van der Waals surface area contributed by atoms with Crippen LogP contribution in [0.25, 0.3) is 0 Å².